The molecule has 9 nitrogen and oxygen atoms in total. The number of nitrogen functional groups attached to an aromatic ring is 1. The molecule has 1 saturated heterocycles. The van der Waals surface area contributed by atoms with Gasteiger partial charge in [-0.3, -0.25) is 15.1 Å². The van der Waals surface area contributed by atoms with E-state index in [1.54, 1.807) is 24.3 Å². The Bertz CT molecular complexity index is 1340. The van der Waals surface area contributed by atoms with Crippen molar-refractivity contribution in [3.05, 3.63) is 71.8 Å². The molecule has 0 spiro atoms. The molecule has 1 atom stereocenters. The zero-order valence-corrected chi connectivity index (χ0v) is 22.9. The van der Waals surface area contributed by atoms with Crippen LogP contribution in [0.4, 0.5) is 22.7 Å². The van der Waals surface area contributed by atoms with Crippen molar-refractivity contribution in [3.8, 4) is 11.5 Å². The Morgan fingerprint density at radius 3 is 2.54 bits per heavy atom. The maximum Gasteiger partial charge on any atom is 0.260 e. The lowest BCUT2D eigenvalue weighted by Crippen LogP contribution is -2.57. The van der Waals surface area contributed by atoms with Crippen LogP contribution in [0.2, 0.25) is 5.02 Å². The van der Waals surface area contributed by atoms with Crippen LogP contribution in [0.1, 0.15) is 13.8 Å². The number of nitrogens with two attached hydrogens (primary N) is 1. The molecule has 1 amide bonds. The summed E-state index contributed by atoms with van der Waals surface area (Å²) in [5.41, 5.74) is 12.8. The number of nitrogens with one attached hydrogen (secondary N) is 1. The monoisotopic (exact) mass is 548 g/mol. The van der Waals surface area contributed by atoms with Crippen LogP contribution in [0.5, 0.6) is 11.5 Å². The highest BCUT2D eigenvalue weighted by Gasteiger charge is 2.33. The summed E-state index contributed by atoms with van der Waals surface area (Å²) in [6.07, 6.45) is 0. The molecule has 1 fully saturated rings. The standard InChI is InChI=1S/C29H33ClN6O3/c1-3-38-27-7-5-4-6-26(27)36-29(32-25-18-22(31)10-13-24(25)33-36)20(2)34-14-16-35(17-15-34)28(37)19-39-23-11-8-21(30)9-12-23/h4-13,18,20,33H,3,14-17,19,31H2,1-2H3. The van der Waals surface area contributed by atoms with Crippen LogP contribution in [0.3, 0.4) is 0 Å². The third-order valence-electron chi connectivity index (χ3n) is 6.89. The van der Waals surface area contributed by atoms with E-state index in [2.05, 4.69) is 17.2 Å². The Balaban J connectivity index is 1.30. The van der Waals surface area contributed by atoms with Crippen molar-refractivity contribution in [2.45, 2.75) is 19.9 Å². The van der Waals surface area contributed by atoms with Gasteiger partial charge >= 0.3 is 0 Å². The number of hydrogen-bond acceptors (Lipinski definition) is 8. The molecule has 204 valence electrons. The fourth-order valence-corrected chi connectivity index (χ4v) is 4.89. The van der Waals surface area contributed by atoms with Crippen LogP contribution >= 0.6 is 11.6 Å². The number of rotatable bonds is 8. The van der Waals surface area contributed by atoms with E-state index >= 15 is 0 Å². The number of fused-ring (bicyclic) bond motifs is 1. The average Bonchev–Trinajstić information content (AvgIpc) is 2.96. The minimum absolute atomic E-state index is 0.00594. The summed E-state index contributed by atoms with van der Waals surface area (Å²) < 4.78 is 11.6. The van der Waals surface area contributed by atoms with Gasteiger partial charge in [-0.05, 0) is 68.4 Å². The average molecular weight is 549 g/mol. The molecule has 1 unspecified atom stereocenters. The van der Waals surface area contributed by atoms with Crippen molar-refractivity contribution in [2.75, 3.05) is 55.6 Å². The van der Waals surface area contributed by atoms with E-state index in [-0.39, 0.29) is 18.6 Å². The molecule has 3 aromatic carbocycles. The van der Waals surface area contributed by atoms with Crippen LogP contribution in [-0.2, 0) is 4.79 Å². The van der Waals surface area contributed by atoms with Gasteiger partial charge in [0.2, 0.25) is 0 Å². The summed E-state index contributed by atoms with van der Waals surface area (Å²) in [7, 11) is 0. The smallest absolute Gasteiger partial charge is 0.260 e. The lowest BCUT2D eigenvalue weighted by atomic mass is 10.1. The molecule has 0 aromatic heterocycles. The van der Waals surface area contributed by atoms with Gasteiger partial charge in [-0.2, -0.15) is 0 Å². The summed E-state index contributed by atoms with van der Waals surface area (Å²) in [5, 5.41) is 2.62. The molecule has 3 N–H and O–H groups in total. The van der Waals surface area contributed by atoms with Crippen LogP contribution < -0.4 is 25.6 Å². The third-order valence-corrected chi connectivity index (χ3v) is 7.14. The van der Waals surface area contributed by atoms with Gasteiger partial charge in [-0.15, -0.1) is 0 Å². The summed E-state index contributed by atoms with van der Waals surface area (Å²) >= 11 is 5.93. The first-order chi connectivity index (χ1) is 18.9. The Kier molecular flexibility index (Phi) is 8.09. The van der Waals surface area contributed by atoms with Crippen molar-refractivity contribution in [1.29, 1.82) is 0 Å². The molecule has 2 heterocycles. The number of hydrazine groups is 1. The number of aliphatic imine (C=N–C) groups is 1. The van der Waals surface area contributed by atoms with E-state index in [1.165, 1.54) is 0 Å². The minimum atomic E-state index is -0.0515. The van der Waals surface area contributed by atoms with Gasteiger partial charge in [0.25, 0.3) is 5.91 Å². The van der Waals surface area contributed by atoms with Crippen molar-refractivity contribution in [3.63, 3.8) is 0 Å². The van der Waals surface area contributed by atoms with E-state index < -0.39 is 0 Å². The van der Waals surface area contributed by atoms with Crippen LogP contribution in [-0.4, -0.2) is 67.0 Å². The van der Waals surface area contributed by atoms with Crippen molar-refractivity contribution < 1.29 is 14.3 Å². The normalized spacial score (nSPS) is 16.1. The molecule has 39 heavy (non-hydrogen) atoms. The highest BCUT2D eigenvalue weighted by molar-refractivity contribution is 6.30. The fraction of sp³-hybridized carbons (Fsp3) is 0.310. The summed E-state index contributed by atoms with van der Waals surface area (Å²) in [6, 6.07) is 20.5. The van der Waals surface area contributed by atoms with Crippen molar-refractivity contribution in [2.24, 2.45) is 4.99 Å². The Morgan fingerprint density at radius 1 is 1.05 bits per heavy atom. The molecule has 0 radical (unpaired) electrons. The highest BCUT2D eigenvalue weighted by Crippen LogP contribution is 2.37. The minimum Gasteiger partial charge on any atom is -0.492 e. The molecular weight excluding hydrogens is 516 g/mol. The fourth-order valence-electron chi connectivity index (χ4n) is 4.76. The Hall–Kier alpha value is -3.95. The van der Waals surface area contributed by atoms with Crippen LogP contribution in [0.25, 0.3) is 0 Å². The van der Waals surface area contributed by atoms with Crippen LogP contribution in [0.15, 0.2) is 71.7 Å². The van der Waals surface area contributed by atoms with Gasteiger partial charge in [0.1, 0.15) is 23.0 Å². The number of carbonyl (C=O) groups excluding carboxylic acids is 1. The topological polar surface area (TPSA) is 95.7 Å². The van der Waals surface area contributed by atoms with Gasteiger partial charge in [0, 0.05) is 36.9 Å². The number of halogens is 1. The van der Waals surface area contributed by atoms with Crippen LogP contribution in [0, 0.1) is 0 Å². The molecule has 5 rings (SSSR count). The maximum absolute atomic E-state index is 12.8. The molecule has 0 saturated carbocycles. The van der Waals surface area contributed by atoms with Gasteiger partial charge < -0.3 is 20.1 Å². The predicted molar refractivity (Wildman–Crippen MR) is 156 cm³/mol. The zero-order valence-electron chi connectivity index (χ0n) is 22.1. The van der Waals surface area contributed by atoms with Gasteiger partial charge in [-0.25, -0.2) is 10.0 Å². The Morgan fingerprint density at radius 2 is 1.79 bits per heavy atom. The number of para-hydroxylation sites is 2. The van der Waals surface area contributed by atoms with E-state index in [1.807, 2.05) is 59.3 Å². The number of nitrogens with zero attached hydrogens (tertiary/aromatic N) is 4. The molecule has 3 aromatic rings. The number of carbonyl (C=O) groups is 1. The SMILES string of the molecule is CCOc1ccccc1N1Nc2ccc(N)cc2N=C1C(C)N1CCN(C(=O)COc2ccc(Cl)cc2)CC1. The third kappa shape index (κ3) is 6.05. The number of ether oxygens (including phenoxy) is 2. The molecular formula is C29H33ClN6O3. The highest BCUT2D eigenvalue weighted by atomic mass is 35.5. The Labute approximate surface area is 233 Å². The summed E-state index contributed by atoms with van der Waals surface area (Å²) in [6.45, 7) is 7.27. The number of benzene rings is 3. The van der Waals surface area contributed by atoms with Crippen molar-refractivity contribution in [1.82, 2.24) is 9.80 Å². The predicted octanol–water partition coefficient (Wildman–Crippen LogP) is 4.81. The van der Waals surface area contributed by atoms with Gasteiger partial charge in [-0.1, -0.05) is 23.7 Å². The number of anilines is 3. The second-order valence-electron chi connectivity index (χ2n) is 9.43. The lowest BCUT2D eigenvalue weighted by Gasteiger charge is -2.42. The quantitative estimate of drug-likeness (QED) is 0.390. The number of piperazine rings is 1. The maximum atomic E-state index is 12.8. The number of hydrogen-bond donors (Lipinski definition) is 2. The molecule has 10 heteroatoms. The lowest BCUT2D eigenvalue weighted by molar-refractivity contribution is -0.135. The first-order valence-corrected chi connectivity index (χ1v) is 13.5. The molecule has 0 bridgehead atoms. The zero-order chi connectivity index (χ0) is 27.4. The first-order valence-electron chi connectivity index (χ1n) is 13.1. The number of amidine groups is 1. The van der Waals surface area contributed by atoms with E-state index in [0.29, 0.717) is 49.2 Å². The second-order valence-corrected chi connectivity index (χ2v) is 9.87. The largest absolute Gasteiger partial charge is 0.492 e. The number of amides is 1. The summed E-state index contributed by atoms with van der Waals surface area (Å²) in [5.74, 6) is 2.18. The van der Waals surface area contributed by atoms with Gasteiger partial charge in [0.05, 0.1) is 24.0 Å². The molecule has 2 aliphatic rings. The second kappa shape index (κ2) is 11.8. The van der Waals surface area contributed by atoms with E-state index in [9.17, 15) is 4.79 Å². The van der Waals surface area contributed by atoms with Crippen molar-refractivity contribution >= 4 is 46.1 Å². The first kappa shape index (κ1) is 26.6. The molecule has 2 aliphatic heterocycles. The summed E-state index contributed by atoms with van der Waals surface area (Å²) in [4.78, 5) is 22.0. The van der Waals surface area contributed by atoms with Gasteiger partial charge in [0.15, 0.2) is 6.61 Å². The van der Waals surface area contributed by atoms with E-state index in [0.717, 1.165) is 28.6 Å². The van der Waals surface area contributed by atoms with E-state index in [4.69, 9.17) is 31.8 Å². The molecule has 0 aliphatic carbocycles.